The number of nitrogens with one attached hydrogen (secondary N) is 1. The summed E-state index contributed by atoms with van der Waals surface area (Å²) in [5.41, 5.74) is 1.05. The highest BCUT2D eigenvalue weighted by molar-refractivity contribution is 7.20. The second-order valence-corrected chi connectivity index (χ2v) is 7.28. The van der Waals surface area contributed by atoms with Gasteiger partial charge in [-0.3, -0.25) is 4.79 Å². The number of amides is 1. The van der Waals surface area contributed by atoms with Crippen LogP contribution in [0, 0.1) is 5.82 Å². The first-order valence-corrected chi connectivity index (χ1v) is 9.59. The second-order valence-electron chi connectivity index (χ2n) is 6.20. The summed E-state index contributed by atoms with van der Waals surface area (Å²) in [6, 6.07) is 13.7. The van der Waals surface area contributed by atoms with E-state index in [4.69, 9.17) is 9.47 Å². The lowest BCUT2D eigenvalue weighted by Crippen LogP contribution is -2.36. The molecule has 2 aromatic carbocycles. The molecule has 0 bridgehead atoms. The average molecular weight is 401 g/mol. The van der Waals surface area contributed by atoms with E-state index in [1.54, 1.807) is 19.2 Å². The molecule has 28 heavy (non-hydrogen) atoms. The molecule has 0 radical (unpaired) electrons. The molecule has 0 aliphatic carbocycles. The molecular weight excluding hydrogens is 381 g/mol. The molecular formula is C21H20FNO4S. The molecule has 7 heteroatoms. The molecule has 0 aliphatic heterocycles. The fraction of sp³-hybridized carbons (Fsp3) is 0.238. The van der Waals surface area contributed by atoms with Crippen molar-refractivity contribution in [2.45, 2.75) is 19.4 Å². The van der Waals surface area contributed by atoms with Gasteiger partial charge in [-0.2, -0.15) is 0 Å². The third-order valence-corrected chi connectivity index (χ3v) is 5.31. The van der Waals surface area contributed by atoms with E-state index in [1.165, 1.54) is 19.1 Å². The number of methoxy groups -OCH3 is 1. The van der Waals surface area contributed by atoms with E-state index in [0.29, 0.717) is 23.1 Å². The van der Waals surface area contributed by atoms with E-state index in [0.717, 1.165) is 22.6 Å². The van der Waals surface area contributed by atoms with Crippen molar-refractivity contribution in [2.75, 3.05) is 13.7 Å². The molecule has 1 amide bonds. The molecule has 0 aliphatic rings. The largest absolute Gasteiger partial charge is 0.497 e. The van der Waals surface area contributed by atoms with Crippen LogP contribution in [0.15, 0.2) is 48.5 Å². The van der Waals surface area contributed by atoms with Gasteiger partial charge in [0.15, 0.2) is 6.10 Å². The molecule has 0 saturated carbocycles. The number of carbonyl (C=O) groups is 2. The van der Waals surface area contributed by atoms with Gasteiger partial charge in [0.05, 0.1) is 7.11 Å². The van der Waals surface area contributed by atoms with Gasteiger partial charge >= 0.3 is 5.97 Å². The van der Waals surface area contributed by atoms with Crippen molar-refractivity contribution < 1.29 is 23.5 Å². The molecule has 1 aromatic heterocycles. The standard InChI is InChI=1S/C21H20FNO4S/c1-13(20(24)23-11-10-14-6-8-15(26-2)9-7-14)27-21(25)19-12-16-17(22)4-3-5-18(16)28-19/h3-9,12-13H,10-11H2,1-2H3,(H,23,24)/t13-/m1/s1. The van der Waals surface area contributed by atoms with Crippen molar-refractivity contribution in [2.24, 2.45) is 0 Å². The van der Waals surface area contributed by atoms with Gasteiger partial charge in [-0.1, -0.05) is 18.2 Å². The van der Waals surface area contributed by atoms with Crippen LogP contribution in [0.25, 0.3) is 10.1 Å². The fourth-order valence-electron chi connectivity index (χ4n) is 2.66. The smallest absolute Gasteiger partial charge is 0.349 e. The Balaban J connectivity index is 1.51. The number of thiophene rings is 1. The van der Waals surface area contributed by atoms with Crippen molar-refractivity contribution >= 4 is 33.3 Å². The highest BCUT2D eigenvalue weighted by Crippen LogP contribution is 2.28. The minimum atomic E-state index is -0.946. The third-order valence-electron chi connectivity index (χ3n) is 4.23. The van der Waals surface area contributed by atoms with Gasteiger partial charge in [-0.25, -0.2) is 9.18 Å². The number of benzene rings is 2. The summed E-state index contributed by atoms with van der Waals surface area (Å²) in [6.45, 7) is 1.93. The van der Waals surface area contributed by atoms with Crippen LogP contribution in [0.1, 0.15) is 22.2 Å². The number of rotatable bonds is 7. The SMILES string of the molecule is COc1ccc(CCNC(=O)[C@@H](C)OC(=O)c2cc3c(F)cccc3s2)cc1. The van der Waals surface area contributed by atoms with Crippen LogP contribution in [-0.4, -0.2) is 31.6 Å². The van der Waals surface area contributed by atoms with Crippen LogP contribution in [0.3, 0.4) is 0 Å². The maximum atomic E-state index is 13.8. The van der Waals surface area contributed by atoms with Gasteiger partial charge in [0.2, 0.25) is 0 Å². The molecule has 1 heterocycles. The quantitative estimate of drug-likeness (QED) is 0.609. The molecule has 1 N–H and O–H groups in total. The van der Waals surface area contributed by atoms with E-state index >= 15 is 0 Å². The lowest BCUT2D eigenvalue weighted by atomic mass is 10.1. The Morgan fingerprint density at radius 3 is 2.61 bits per heavy atom. The molecule has 3 rings (SSSR count). The van der Waals surface area contributed by atoms with E-state index in [1.807, 2.05) is 24.3 Å². The van der Waals surface area contributed by atoms with Crippen molar-refractivity contribution in [1.29, 1.82) is 0 Å². The van der Waals surface area contributed by atoms with Crippen LogP contribution in [-0.2, 0) is 16.0 Å². The van der Waals surface area contributed by atoms with Gasteiger partial charge in [0.25, 0.3) is 5.91 Å². The molecule has 3 aromatic rings. The topological polar surface area (TPSA) is 64.6 Å². The van der Waals surface area contributed by atoms with E-state index in [2.05, 4.69) is 5.32 Å². The normalized spacial score (nSPS) is 11.8. The summed E-state index contributed by atoms with van der Waals surface area (Å²) in [6.07, 6.45) is -0.301. The molecule has 0 spiro atoms. The Kier molecular flexibility index (Phi) is 6.26. The predicted molar refractivity (Wildman–Crippen MR) is 106 cm³/mol. The van der Waals surface area contributed by atoms with Crippen LogP contribution < -0.4 is 10.1 Å². The number of halogens is 1. The molecule has 1 atom stereocenters. The second kappa shape index (κ2) is 8.84. The maximum absolute atomic E-state index is 13.8. The highest BCUT2D eigenvalue weighted by atomic mass is 32.1. The fourth-order valence-corrected chi connectivity index (χ4v) is 3.62. The number of fused-ring (bicyclic) bond motifs is 1. The van der Waals surface area contributed by atoms with Crippen LogP contribution in [0.5, 0.6) is 5.75 Å². The minimum absolute atomic E-state index is 0.262. The number of carbonyl (C=O) groups excluding carboxylic acids is 2. The minimum Gasteiger partial charge on any atom is -0.497 e. The summed E-state index contributed by atoms with van der Waals surface area (Å²) in [4.78, 5) is 24.7. The first-order valence-electron chi connectivity index (χ1n) is 8.77. The zero-order valence-electron chi connectivity index (χ0n) is 15.5. The Bertz CT molecular complexity index is 984. The maximum Gasteiger partial charge on any atom is 0.349 e. The summed E-state index contributed by atoms with van der Waals surface area (Å²) < 4.78 is 24.7. The Morgan fingerprint density at radius 1 is 1.18 bits per heavy atom. The molecule has 5 nitrogen and oxygen atoms in total. The summed E-state index contributed by atoms with van der Waals surface area (Å²) in [5.74, 6) is -0.640. The Morgan fingerprint density at radius 2 is 1.93 bits per heavy atom. The first kappa shape index (κ1) is 19.8. The number of hydrogen-bond acceptors (Lipinski definition) is 5. The summed E-state index contributed by atoms with van der Waals surface area (Å²) in [7, 11) is 1.60. The first-order chi connectivity index (χ1) is 13.5. The van der Waals surface area contributed by atoms with E-state index < -0.39 is 17.9 Å². The van der Waals surface area contributed by atoms with Gasteiger partial charge in [-0.15, -0.1) is 11.3 Å². The molecule has 0 unspecified atom stereocenters. The summed E-state index contributed by atoms with van der Waals surface area (Å²) >= 11 is 1.13. The average Bonchev–Trinajstić information content (AvgIpc) is 3.14. The van der Waals surface area contributed by atoms with Crippen molar-refractivity contribution in [3.05, 3.63) is 64.8 Å². The van der Waals surface area contributed by atoms with Gasteiger partial charge in [0, 0.05) is 16.6 Å². The van der Waals surface area contributed by atoms with Crippen molar-refractivity contribution in [3.63, 3.8) is 0 Å². The third kappa shape index (κ3) is 4.67. The van der Waals surface area contributed by atoms with Crippen LogP contribution in [0.2, 0.25) is 0 Å². The number of ether oxygens (including phenoxy) is 2. The van der Waals surface area contributed by atoms with Crippen LogP contribution >= 0.6 is 11.3 Å². The number of esters is 1. The summed E-state index contributed by atoms with van der Waals surface area (Å²) in [5, 5.41) is 3.12. The zero-order valence-corrected chi connectivity index (χ0v) is 16.3. The van der Waals surface area contributed by atoms with E-state index in [9.17, 15) is 14.0 Å². The lowest BCUT2D eigenvalue weighted by molar-refractivity contribution is -0.129. The predicted octanol–water partition coefficient (Wildman–Crippen LogP) is 3.95. The van der Waals surface area contributed by atoms with Crippen molar-refractivity contribution in [3.8, 4) is 5.75 Å². The Hall–Kier alpha value is -2.93. The Labute approximate surface area is 166 Å². The van der Waals surface area contributed by atoms with Crippen LogP contribution in [0.4, 0.5) is 4.39 Å². The van der Waals surface area contributed by atoms with Gasteiger partial charge < -0.3 is 14.8 Å². The monoisotopic (exact) mass is 401 g/mol. The molecule has 0 fully saturated rings. The van der Waals surface area contributed by atoms with Gasteiger partial charge in [-0.05, 0) is 49.2 Å². The van der Waals surface area contributed by atoms with E-state index in [-0.39, 0.29) is 10.8 Å². The highest BCUT2D eigenvalue weighted by Gasteiger charge is 2.20. The molecule has 146 valence electrons. The number of hydrogen-bond donors (Lipinski definition) is 1. The molecule has 0 saturated heterocycles. The lowest BCUT2D eigenvalue weighted by Gasteiger charge is -2.13. The van der Waals surface area contributed by atoms with Crippen molar-refractivity contribution in [1.82, 2.24) is 5.32 Å². The van der Waals surface area contributed by atoms with Gasteiger partial charge in [0.1, 0.15) is 16.4 Å². The zero-order chi connectivity index (χ0) is 20.1.